The molecule has 0 heterocycles. The minimum atomic E-state index is -5.97. The van der Waals surface area contributed by atoms with Gasteiger partial charge >= 0.3 is 144 Å². The Balaban J connectivity index is 0.00000182. The van der Waals surface area contributed by atoms with Gasteiger partial charge < -0.3 is 0 Å². The largest absolute Gasteiger partial charge is 0.147 e. The number of allylic oxidation sites excluding steroid dienone is 5. The van der Waals surface area contributed by atoms with E-state index >= 15 is 0 Å². The summed E-state index contributed by atoms with van der Waals surface area (Å²) in [5, 5.41) is 8.52. The summed E-state index contributed by atoms with van der Waals surface area (Å²) in [6, 6.07) is 8.22. The summed E-state index contributed by atoms with van der Waals surface area (Å²) in [7, 11) is -5.97. The Bertz CT molecular complexity index is 1150. The Morgan fingerprint density at radius 3 is 2.11 bits per heavy atom. The molecule has 0 aliphatic heterocycles. The van der Waals surface area contributed by atoms with Crippen LogP contribution in [0.1, 0.15) is 35.6 Å². The Labute approximate surface area is 168 Å². The van der Waals surface area contributed by atoms with Crippen LogP contribution in [0.15, 0.2) is 52.4 Å². The van der Waals surface area contributed by atoms with Crippen molar-refractivity contribution >= 4 is 40.4 Å². The monoisotopic (exact) mass is 465 g/mol. The number of hydrogen-bond acceptors (Lipinski definition) is 2. The average molecular weight is 466 g/mol. The smallest absolute Gasteiger partial charge is 0.147 e. The predicted octanol–water partition coefficient (Wildman–Crippen LogP) is 8.23. The zero-order valence-corrected chi connectivity index (χ0v) is 21.1. The minimum Gasteiger partial charge on any atom is -0.147 e. The van der Waals surface area contributed by atoms with E-state index in [9.17, 15) is 9.13 Å². The van der Waals surface area contributed by atoms with Gasteiger partial charge in [-0.2, -0.15) is 0 Å². The third-order valence-electron chi connectivity index (χ3n) is 9.82. The van der Waals surface area contributed by atoms with Gasteiger partial charge in [0.25, 0.3) is 0 Å². The Kier molecular flexibility index (Phi) is 4.52. The van der Waals surface area contributed by atoms with Gasteiger partial charge in [-0.15, -0.1) is 24.8 Å². The van der Waals surface area contributed by atoms with Crippen molar-refractivity contribution < 1.29 is 19.6 Å². The molecule has 1 aromatic carbocycles. The second-order valence-electron chi connectivity index (χ2n) is 12.9. The van der Waals surface area contributed by atoms with Gasteiger partial charge in [-0.25, -0.2) is 0 Å². The molecule has 6 heteroatoms. The van der Waals surface area contributed by atoms with Crippen molar-refractivity contribution in [1.82, 2.24) is 0 Å². The number of rotatable bonds is 3. The summed E-state index contributed by atoms with van der Waals surface area (Å²) in [5.41, 5.74) is -0.531. The Morgan fingerprint density at radius 1 is 1.04 bits per heavy atom. The molecule has 0 radical (unpaired) electrons. The second-order valence-corrected chi connectivity index (χ2v) is 53.3. The van der Waals surface area contributed by atoms with E-state index < -0.39 is 16.2 Å². The van der Waals surface area contributed by atoms with E-state index in [4.69, 9.17) is 0 Å². The SMILES string of the molecule is C[C](C)=[Ti]([CH3])([CH3])([CH3])([CH3])([C]1=CC=CC1)([CH]1C=Cc2ccccc21)[P](=O)=O.Cl.Cl. The molecule has 0 aromatic heterocycles. The molecule has 151 valence electrons. The van der Waals surface area contributed by atoms with Gasteiger partial charge in [0.15, 0.2) is 0 Å². The van der Waals surface area contributed by atoms with E-state index in [-0.39, 0.29) is 29.0 Å². The van der Waals surface area contributed by atoms with Crippen molar-refractivity contribution in [2.75, 3.05) is 0 Å². The molecule has 0 spiro atoms. The van der Waals surface area contributed by atoms with Crippen LogP contribution in [-0.2, 0) is 19.6 Å². The molecule has 0 saturated carbocycles. The van der Waals surface area contributed by atoms with Gasteiger partial charge in [0.05, 0.1) is 0 Å². The molecule has 2 nitrogen and oxygen atoms in total. The van der Waals surface area contributed by atoms with Gasteiger partial charge in [0.1, 0.15) is 0 Å². The Morgan fingerprint density at radius 2 is 1.63 bits per heavy atom. The van der Waals surface area contributed by atoms with Crippen molar-refractivity contribution in [3.05, 3.63) is 63.6 Å². The molecule has 1 atom stereocenters. The normalized spacial score (nSPS) is 23.3. The van der Waals surface area contributed by atoms with Crippen LogP contribution in [0.2, 0.25) is 20.9 Å². The van der Waals surface area contributed by atoms with Crippen LogP contribution in [-0.4, -0.2) is 3.81 Å². The first kappa shape index (κ1) is 24.5. The quantitative estimate of drug-likeness (QED) is 0.332. The number of hydrogen-bond donors (Lipinski definition) is 0. The van der Waals surface area contributed by atoms with E-state index in [1.165, 1.54) is 0 Å². The maximum Gasteiger partial charge on any atom is -0.147 e. The van der Waals surface area contributed by atoms with E-state index in [2.05, 4.69) is 57.4 Å². The summed E-state index contributed by atoms with van der Waals surface area (Å²) in [6.45, 7) is 4.08. The number of benzene rings is 1. The van der Waals surface area contributed by atoms with Crippen molar-refractivity contribution in [1.29, 1.82) is 0 Å². The van der Waals surface area contributed by atoms with Crippen LogP contribution in [0.5, 0.6) is 0 Å². The van der Waals surface area contributed by atoms with Crippen LogP contribution < -0.4 is 0 Å². The van der Waals surface area contributed by atoms with Crippen LogP contribution in [0.3, 0.4) is 0 Å². The first-order valence-corrected chi connectivity index (χ1v) is 21.1. The molecule has 1 unspecified atom stereocenters. The molecule has 0 amide bonds. The van der Waals surface area contributed by atoms with E-state index in [0.717, 1.165) is 18.8 Å². The molecule has 0 fully saturated rings. The second kappa shape index (κ2) is 4.97. The molecule has 3 rings (SSSR count). The van der Waals surface area contributed by atoms with Gasteiger partial charge in [0, 0.05) is 0 Å². The molecule has 2 aliphatic carbocycles. The summed E-state index contributed by atoms with van der Waals surface area (Å²) in [6.07, 6.45) is 11.1. The van der Waals surface area contributed by atoms with Crippen molar-refractivity contribution in [2.45, 2.75) is 45.4 Å². The van der Waals surface area contributed by atoms with Crippen molar-refractivity contribution in [3.8, 4) is 0 Å². The minimum absolute atomic E-state index is 0. The molecule has 27 heavy (non-hydrogen) atoms. The fraction of sp³-hybridized carbons (Fsp3) is 0.381. The summed E-state index contributed by atoms with van der Waals surface area (Å²) in [4.78, 5) is 0. The van der Waals surface area contributed by atoms with Gasteiger partial charge in [-0.1, -0.05) is 0 Å². The Hall–Kier alpha value is -0.496. The van der Waals surface area contributed by atoms with Gasteiger partial charge in [-0.3, -0.25) is 0 Å². The predicted molar refractivity (Wildman–Crippen MR) is 123 cm³/mol. The zero-order valence-electron chi connectivity index (χ0n) is 17.1. The number of fused-ring (bicyclic) bond motifs is 1. The molecule has 0 N–H and O–H groups in total. The van der Waals surface area contributed by atoms with Crippen LogP contribution in [0.4, 0.5) is 0 Å². The van der Waals surface area contributed by atoms with Gasteiger partial charge in [-0.05, 0) is 0 Å². The first-order chi connectivity index (χ1) is 11.2. The van der Waals surface area contributed by atoms with Gasteiger partial charge in [0.2, 0.25) is 0 Å². The fourth-order valence-electron chi connectivity index (χ4n) is 5.34. The maximum atomic E-state index is 13.7. The van der Waals surface area contributed by atoms with E-state index in [1.54, 1.807) is 0 Å². The third-order valence-corrected chi connectivity index (χ3v) is 46.4. The molecular formula is C21H32Cl2O2PTi. The van der Waals surface area contributed by atoms with Crippen LogP contribution in [0.25, 0.3) is 6.08 Å². The summed E-state index contributed by atoms with van der Waals surface area (Å²) >= 11 is 0. The van der Waals surface area contributed by atoms with E-state index in [1.807, 2.05) is 32.1 Å². The molecule has 1 aromatic rings. The number of halogens is 2. The summed E-state index contributed by atoms with van der Waals surface area (Å²) < 4.78 is 29.4. The zero-order chi connectivity index (χ0) is 18.9. The van der Waals surface area contributed by atoms with Crippen LogP contribution >= 0.6 is 30.5 Å². The molecule has 2 aliphatic rings. The maximum absolute atomic E-state index is 13.7. The molecular weight excluding hydrogens is 434 g/mol. The molecule has 0 saturated heterocycles. The summed E-state index contributed by atoms with van der Waals surface area (Å²) in [5.74, 6) is 0. The van der Waals surface area contributed by atoms with Crippen molar-refractivity contribution in [2.24, 2.45) is 0 Å². The average Bonchev–Trinajstić information content (AvgIpc) is 3.18. The first-order valence-electron chi connectivity index (χ1n) is 9.17. The fourth-order valence-corrected chi connectivity index (χ4v) is 22.6. The van der Waals surface area contributed by atoms with Crippen molar-refractivity contribution in [3.63, 3.8) is 0 Å². The van der Waals surface area contributed by atoms with E-state index in [0.29, 0.717) is 6.42 Å². The molecule has 0 bridgehead atoms. The van der Waals surface area contributed by atoms with Crippen LogP contribution in [0, 0.1) is 0 Å². The third kappa shape index (κ3) is 2.07. The topological polar surface area (TPSA) is 34.1 Å². The standard InChI is InChI=1S/C9H7.C5H5.C3H6.4CH3.2ClH.O2P.Ti/c1-2-5-9-7-3-6-8(9)4-1;1-2-4-5-3-1;1-3-2;;;;;;;1-3-2;/h1-7H;1-3H,4H2;1-2H3;4*1H3;2*1H;;.